The number of ether oxygens (including phenoxy) is 2. The van der Waals surface area contributed by atoms with Gasteiger partial charge in [0, 0.05) is 5.56 Å². The normalized spacial score (nSPS) is 12.0. The first-order chi connectivity index (χ1) is 13.1. The SMILES string of the molecule is C/C(=N/O)c1ccc(OCCCCCOc2ccc(/C(N)=N/O)cc2)cc1. The number of amidine groups is 1. The van der Waals surface area contributed by atoms with Gasteiger partial charge >= 0.3 is 0 Å². The molecule has 0 aliphatic rings. The molecule has 0 heterocycles. The highest BCUT2D eigenvalue weighted by molar-refractivity contribution is 5.98. The molecule has 0 aliphatic carbocycles. The van der Waals surface area contributed by atoms with Crippen LogP contribution in [0.15, 0.2) is 58.8 Å². The Kier molecular flexibility index (Phi) is 7.96. The Bertz CT molecular complexity index is 690. The number of nitrogens with zero attached hydrogens (tertiary/aromatic N) is 2. The van der Waals surface area contributed by atoms with Crippen molar-refractivity contribution >= 4 is 11.5 Å². The number of unbranched alkanes of at least 4 members (excludes halogenated alkanes) is 2. The van der Waals surface area contributed by atoms with Crippen molar-refractivity contribution in [2.45, 2.75) is 26.2 Å². The van der Waals surface area contributed by atoms with E-state index in [1.165, 1.54) is 0 Å². The highest BCUT2D eigenvalue weighted by Gasteiger charge is 2.01. The Morgan fingerprint density at radius 2 is 1.26 bits per heavy atom. The minimum atomic E-state index is 0.0767. The molecule has 0 fully saturated rings. The number of benzene rings is 2. The first kappa shape index (κ1) is 20.1. The Balaban J connectivity index is 1.59. The highest BCUT2D eigenvalue weighted by atomic mass is 16.5. The largest absolute Gasteiger partial charge is 0.494 e. The van der Waals surface area contributed by atoms with Crippen LogP contribution >= 0.6 is 0 Å². The molecule has 2 aromatic rings. The lowest BCUT2D eigenvalue weighted by atomic mass is 10.1. The maximum atomic E-state index is 8.75. The zero-order valence-corrected chi connectivity index (χ0v) is 15.3. The van der Waals surface area contributed by atoms with Crippen molar-refractivity contribution in [3.05, 3.63) is 59.7 Å². The van der Waals surface area contributed by atoms with Crippen molar-refractivity contribution in [2.75, 3.05) is 13.2 Å². The topological polar surface area (TPSA) is 110 Å². The molecule has 0 aromatic heterocycles. The fourth-order valence-corrected chi connectivity index (χ4v) is 2.39. The molecule has 0 amide bonds. The third-order valence-electron chi connectivity index (χ3n) is 4.01. The van der Waals surface area contributed by atoms with Crippen molar-refractivity contribution in [1.82, 2.24) is 0 Å². The average Bonchev–Trinajstić information content (AvgIpc) is 2.72. The molecule has 0 atom stereocenters. The molecule has 2 rings (SSSR count). The molecule has 0 saturated carbocycles. The van der Waals surface area contributed by atoms with E-state index in [4.69, 9.17) is 25.6 Å². The lowest BCUT2D eigenvalue weighted by Gasteiger charge is -2.08. The molecule has 4 N–H and O–H groups in total. The van der Waals surface area contributed by atoms with Crippen LogP contribution in [-0.4, -0.2) is 35.2 Å². The minimum absolute atomic E-state index is 0.0767. The third kappa shape index (κ3) is 6.54. The molecule has 0 bridgehead atoms. The molecule has 144 valence electrons. The number of oxime groups is 2. The number of rotatable bonds is 10. The molecular formula is C20H25N3O4. The van der Waals surface area contributed by atoms with E-state index in [2.05, 4.69) is 10.3 Å². The van der Waals surface area contributed by atoms with Crippen molar-refractivity contribution in [1.29, 1.82) is 0 Å². The van der Waals surface area contributed by atoms with Gasteiger partial charge in [-0.2, -0.15) is 0 Å². The number of nitrogens with two attached hydrogens (primary N) is 1. The van der Waals surface area contributed by atoms with Gasteiger partial charge in [0.05, 0.1) is 18.9 Å². The second-order valence-electron chi connectivity index (χ2n) is 5.98. The van der Waals surface area contributed by atoms with Crippen LogP contribution in [0.25, 0.3) is 0 Å². The smallest absolute Gasteiger partial charge is 0.170 e. The van der Waals surface area contributed by atoms with Crippen molar-refractivity contribution in [3.63, 3.8) is 0 Å². The van der Waals surface area contributed by atoms with E-state index in [-0.39, 0.29) is 5.84 Å². The van der Waals surface area contributed by atoms with Gasteiger partial charge in [0.15, 0.2) is 5.84 Å². The maximum absolute atomic E-state index is 8.75. The summed E-state index contributed by atoms with van der Waals surface area (Å²) in [5.74, 6) is 1.63. The fourth-order valence-electron chi connectivity index (χ4n) is 2.39. The number of hydrogen-bond donors (Lipinski definition) is 3. The van der Waals surface area contributed by atoms with Gasteiger partial charge < -0.3 is 25.6 Å². The Labute approximate surface area is 158 Å². The Morgan fingerprint density at radius 1 is 0.778 bits per heavy atom. The summed E-state index contributed by atoms with van der Waals surface area (Å²) in [4.78, 5) is 0. The average molecular weight is 371 g/mol. The van der Waals surface area contributed by atoms with Crippen LogP contribution < -0.4 is 15.2 Å². The molecule has 0 aliphatic heterocycles. The third-order valence-corrected chi connectivity index (χ3v) is 4.01. The van der Waals surface area contributed by atoms with Gasteiger partial charge in [0.1, 0.15) is 11.5 Å². The molecule has 2 aromatic carbocycles. The maximum Gasteiger partial charge on any atom is 0.170 e. The standard InChI is InChI=1S/C20H25N3O4/c1-15(22-24)16-5-9-18(10-6-16)26-13-3-2-4-14-27-19-11-7-17(8-12-19)20(21)23-25/h5-12,24-25H,2-4,13-14H2,1H3,(H2,21,23)/b22-15-. The van der Waals surface area contributed by atoms with E-state index in [1.54, 1.807) is 31.2 Å². The molecule has 0 spiro atoms. The highest BCUT2D eigenvalue weighted by Crippen LogP contribution is 2.15. The van der Waals surface area contributed by atoms with Crippen molar-refractivity contribution < 1.29 is 19.9 Å². The monoisotopic (exact) mass is 371 g/mol. The van der Waals surface area contributed by atoms with Crippen LogP contribution in [0.3, 0.4) is 0 Å². The molecule has 7 nitrogen and oxygen atoms in total. The van der Waals surface area contributed by atoms with Crippen LogP contribution in [0.5, 0.6) is 11.5 Å². The Morgan fingerprint density at radius 3 is 1.70 bits per heavy atom. The summed E-state index contributed by atoms with van der Waals surface area (Å²) in [5, 5.41) is 23.5. The first-order valence-corrected chi connectivity index (χ1v) is 8.76. The molecule has 0 radical (unpaired) electrons. The lowest BCUT2D eigenvalue weighted by molar-refractivity contribution is 0.279. The summed E-state index contributed by atoms with van der Waals surface area (Å²) in [7, 11) is 0. The predicted molar refractivity (Wildman–Crippen MR) is 104 cm³/mol. The quantitative estimate of drug-likeness (QED) is 0.194. The van der Waals surface area contributed by atoms with Gasteiger partial charge in [-0.3, -0.25) is 0 Å². The first-order valence-electron chi connectivity index (χ1n) is 8.76. The molecule has 0 unspecified atom stereocenters. The second kappa shape index (κ2) is 10.7. The summed E-state index contributed by atoms with van der Waals surface area (Å²) in [6, 6.07) is 14.5. The van der Waals surface area contributed by atoms with Crippen LogP contribution in [0.4, 0.5) is 0 Å². The van der Waals surface area contributed by atoms with Gasteiger partial charge in [-0.25, -0.2) is 0 Å². The van der Waals surface area contributed by atoms with Gasteiger partial charge in [-0.1, -0.05) is 10.3 Å². The summed E-state index contributed by atoms with van der Waals surface area (Å²) in [6.45, 7) is 3.00. The van der Waals surface area contributed by atoms with Crippen LogP contribution in [0.2, 0.25) is 0 Å². The molecule has 7 heteroatoms. The fraction of sp³-hybridized carbons (Fsp3) is 0.300. The van der Waals surface area contributed by atoms with E-state index >= 15 is 0 Å². The van der Waals surface area contributed by atoms with E-state index in [9.17, 15) is 0 Å². The number of hydrogen-bond acceptors (Lipinski definition) is 6. The minimum Gasteiger partial charge on any atom is -0.494 e. The van der Waals surface area contributed by atoms with E-state index in [1.807, 2.05) is 24.3 Å². The van der Waals surface area contributed by atoms with Gasteiger partial charge in [-0.05, 0) is 80.3 Å². The Hall–Kier alpha value is -3.22. The lowest BCUT2D eigenvalue weighted by Crippen LogP contribution is -2.12. The molecule has 0 saturated heterocycles. The van der Waals surface area contributed by atoms with Crippen molar-refractivity contribution in [2.24, 2.45) is 16.0 Å². The van der Waals surface area contributed by atoms with E-state index in [0.717, 1.165) is 36.3 Å². The van der Waals surface area contributed by atoms with E-state index < -0.39 is 0 Å². The van der Waals surface area contributed by atoms with E-state index in [0.29, 0.717) is 24.5 Å². The van der Waals surface area contributed by atoms with Gasteiger partial charge in [0.2, 0.25) is 0 Å². The van der Waals surface area contributed by atoms with Gasteiger partial charge in [0.25, 0.3) is 0 Å². The van der Waals surface area contributed by atoms with Crippen LogP contribution in [0.1, 0.15) is 37.3 Å². The summed E-state index contributed by atoms with van der Waals surface area (Å²) in [5.41, 5.74) is 7.59. The predicted octanol–water partition coefficient (Wildman–Crippen LogP) is 3.61. The van der Waals surface area contributed by atoms with Crippen LogP contribution in [-0.2, 0) is 0 Å². The zero-order valence-electron chi connectivity index (χ0n) is 15.3. The summed E-state index contributed by atoms with van der Waals surface area (Å²) < 4.78 is 11.4. The second-order valence-corrected chi connectivity index (χ2v) is 5.98. The van der Waals surface area contributed by atoms with Crippen LogP contribution in [0, 0.1) is 0 Å². The molecular weight excluding hydrogens is 346 g/mol. The zero-order chi connectivity index (χ0) is 19.5. The van der Waals surface area contributed by atoms with Crippen molar-refractivity contribution in [3.8, 4) is 11.5 Å². The summed E-state index contributed by atoms with van der Waals surface area (Å²) >= 11 is 0. The van der Waals surface area contributed by atoms with Gasteiger partial charge in [-0.15, -0.1) is 0 Å². The summed E-state index contributed by atoms with van der Waals surface area (Å²) in [6.07, 6.45) is 2.86. The molecule has 27 heavy (non-hydrogen) atoms.